The van der Waals surface area contributed by atoms with E-state index in [1.165, 1.54) is 23.1 Å². The maximum absolute atomic E-state index is 13.4. The largest absolute Gasteiger partial charge is 0.321 e. The molecule has 12 heteroatoms. The van der Waals surface area contributed by atoms with Crippen LogP contribution in [0.1, 0.15) is 59.7 Å². The zero-order valence-electron chi connectivity index (χ0n) is 18.0. The highest BCUT2D eigenvalue weighted by Crippen LogP contribution is 2.40. The average molecular weight is 446 g/mol. The van der Waals surface area contributed by atoms with Gasteiger partial charge < -0.3 is 10.6 Å². The first kappa shape index (κ1) is 21.7. The Balaban J connectivity index is 1.52. The van der Waals surface area contributed by atoms with E-state index in [-0.39, 0.29) is 23.0 Å². The van der Waals surface area contributed by atoms with Crippen molar-refractivity contribution in [3.8, 4) is 0 Å². The standard InChI is InChI=1S/C20H24F2N8O2/c1-4-29-18(20(32)26-14-8-23-28(3)11(14)2)15(9-24-29)25-17(31)10-30-16(19(21)22)7-13(27-30)12-5-6-12/h7-9,12,19H,4-6,10H2,1-3H3,(H,25,31)(H,26,32). The van der Waals surface area contributed by atoms with Crippen molar-refractivity contribution in [1.82, 2.24) is 29.3 Å². The molecule has 0 radical (unpaired) electrons. The second-order valence-corrected chi connectivity index (χ2v) is 7.72. The van der Waals surface area contributed by atoms with Crippen LogP contribution in [0.5, 0.6) is 0 Å². The molecule has 4 rings (SSSR count). The van der Waals surface area contributed by atoms with Crippen LogP contribution in [0.4, 0.5) is 20.2 Å². The molecule has 2 N–H and O–H groups in total. The van der Waals surface area contributed by atoms with E-state index in [4.69, 9.17) is 0 Å². The summed E-state index contributed by atoms with van der Waals surface area (Å²) in [4.78, 5) is 25.6. The van der Waals surface area contributed by atoms with E-state index in [1.807, 2.05) is 13.8 Å². The fourth-order valence-electron chi connectivity index (χ4n) is 3.42. The molecule has 0 spiro atoms. The van der Waals surface area contributed by atoms with Gasteiger partial charge in [-0.3, -0.25) is 23.6 Å². The highest BCUT2D eigenvalue weighted by molar-refractivity contribution is 6.09. The zero-order valence-corrected chi connectivity index (χ0v) is 18.0. The number of anilines is 2. The Hall–Kier alpha value is -3.57. The third-order valence-electron chi connectivity index (χ3n) is 5.45. The summed E-state index contributed by atoms with van der Waals surface area (Å²) in [5, 5.41) is 17.8. The van der Waals surface area contributed by atoms with Crippen LogP contribution >= 0.6 is 0 Å². The van der Waals surface area contributed by atoms with Crippen LogP contribution in [0, 0.1) is 6.92 Å². The Morgan fingerprint density at radius 3 is 2.47 bits per heavy atom. The quantitative estimate of drug-likeness (QED) is 0.553. The Morgan fingerprint density at radius 2 is 1.88 bits per heavy atom. The van der Waals surface area contributed by atoms with Crippen LogP contribution < -0.4 is 10.6 Å². The van der Waals surface area contributed by atoms with Crippen LogP contribution in [-0.4, -0.2) is 41.2 Å². The maximum Gasteiger partial charge on any atom is 0.280 e. The molecule has 3 aromatic rings. The molecule has 0 atom stereocenters. The van der Waals surface area contributed by atoms with Crippen molar-refractivity contribution in [2.75, 3.05) is 10.6 Å². The Bertz CT molecular complexity index is 1160. The molecule has 3 aromatic heterocycles. The minimum atomic E-state index is -2.74. The molecule has 2 amide bonds. The first-order chi connectivity index (χ1) is 15.3. The molecule has 0 unspecified atom stereocenters. The molecule has 0 saturated heterocycles. The number of nitrogens with zero attached hydrogens (tertiary/aromatic N) is 6. The molecule has 10 nitrogen and oxygen atoms in total. The Labute approximate surface area is 182 Å². The summed E-state index contributed by atoms with van der Waals surface area (Å²) < 4.78 is 30.9. The molecule has 170 valence electrons. The van der Waals surface area contributed by atoms with E-state index in [2.05, 4.69) is 25.9 Å². The SMILES string of the molecule is CCn1ncc(NC(=O)Cn2nc(C3CC3)cc2C(F)F)c1C(=O)Nc1cnn(C)c1C. The number of carbonyl (C=O) groups excluding carboxylic acids is 2. The minimum Gasteiger partial charge on any atom is -0.321 e. The molecular weight excluding hydrogens is 422 g/mol. The molecule has 0 aromatic carbocycles. The normalized spacial score (nSPS) is 13.6. The summed E-state index contributed by atoms with van der Waals surface area (Å²) in [6, 6.07) is 1.36. The van der Waals surface area contributed by atoms with Gasteiger partial charge in [0.25, 0.3) is 12.3 Å². The van der Waals surface area contributed by atoms with Gasteiger partial charge in [-0.05, 0) is 32.8 Å². The van der Waals surface area contributed by atoms with Crippen LogP contribution in [0.25, 0.3) is 0 Å². The predicted octanol–water partition coefficient (Wildman–Crippen LogP) is 2.85. The fourth-order valence-corrected chi connectivity index (χ4v) is 3.42. The van der Waals surface area contributed by atoms with Gasteiger partial charge in [0.2, 0.25) is 5.91 Å². The van der Waals surface area contributed by atoms with Gasteiger partial charge in [0, 0.05) is 19.5 Å². The summed E-state index contributed by atoms with van der Waals surface area (Å²) in [5.74, 6) is -0.871. The molecule has 1 saturated carbocycles. The number of aryl methyl sites for hydroxylation is 2. The highest BCUT2D eigenvalue weighted by Gasteiger charge is 2.29. The molecule has 0 aliphatic heterocycles. The molecule has 1 fully saturated rings. The second-order valence-electron chi connectivity index (χ2n) is 7.72. The lowest BCUT2D eigenvalue weighted by Crippen LogP contribution is -2.24. The van der Waals surface area contributed by atoms with Crippen molar-refractivity contribution >= 4 is 23.2 Å². The number of hydrogen-bond acceptors (Lipinski definition) is 5. The van der Waals surface area contributed by atoms with E-state index in [0.717, 1.165) is 23.2 Å². The van der Waals surface area contributed by atoms with E-state index in [9.17, 15) is 18.4 Å². The Morgan fingerprint density at radius 1 is 1.16 bits per heavy atom. The smallest absolute Gasteiger partial charge is 0.280 e. The zero-order chi connectivity index (χ0) is 23.0. The summed E-state index contributed by atoms with van der Waals surface area (Å²) in [7, 11) is 1.75. The lowest BCUT2D eigenvalue weighted by Gasteiger charge is -2.11. The van der Waals surface area contributed by atoms with Gasteiger partial charge in [-0.2, -0.15) is 15.3 Å². The van der Waals surface area contributed by atoms with Gasteiger partial charge >= 0.3 is 0 Å². The number of carbonyl (C=O) groups is 2. The van der Waals surface area contributed by atoms with Crippen molar-refractivity contribution in [2.24, 2.45) is 7.05 Å². The lowest BCUT2D eigenvalue weighted by molar-refractivity contribution is -0.117. The van der Waals surface area contributed by atoms with E-state index in [0.29, 0.717) is 17.9 Å². The second kappa shape index (κ2) is 8.52. The number of halogens is 2. The fraction of sp³-hybridized carbons (Fsp3) is 0.450. The lowest BCUT2D eigenvalue weighted by atomic mass is 10.3. The number of rotatable bonds is 8. The van der Waals surface area contributed by atoms with Crippen molar-refractivity contribution < 1.29 is 18.4 Å². The predicted molar refractivity (Wildman–Crippen MR) is 112 cm³/mol. The van der Waals surface area contributed by atoms with Crippen LogP contribution in [0.15, 0.2) is 18.5 Å². The summed E-state index contributed by atoms with van der Waals surface area (Å²) in [6.45, 7) is 3.61. The van der Waals surface area contributed by atoms with Crippen LogP contribution in [-0.2, 0) is 24.9 Å². The van der Waals surface area contributed by atoms with E-state index in [1.54, 1.807) is 11.7 Å². The van der Waals surface area contributed by atoms with Crippen LogP contribution in [0.3, 0.4) is 0 Å². The molecule has 1 aliphatic rings. The van der Waals surface area contributed by atoms with Crippen molar-refractivity contribution in [3.63, 3.8) is 0 Å². The van der Waals surface area contributed by atoms with Crippen molar-refractivity contribution in [1.29, 1.82) is 0 Å². The van der Waals surface area contributed by atoms with Crippen molar-refractivity contribution in [3.05, 3.63) is 41.2 Å². The summed E-state index contributed by atoms with van der Waals surface area (Å²) >= 11 is 0. The molecule has 1 aliphatic carbocycles. The minimum absolute atomic E-state index is 0.150. The van der Waals surface area contributed by atoms with Gasteiger partial charge in [0.15, 0.2) is 0 Å². The van der Waals surface area contributed by atoms with Gasteiger partial charge in [0.1, 0.15) is 17.9 Å². The average Bonchev–Trinajstić information content (AvgIpc) is 3.28. The van der Waals surface area contributed by atoms with Gasteiger partial charge in [-0.15, -0.1) is 0 Å². The number of alkyl halides is 2. The molecule has 32 heavy (non-hydrogen) atoms. The van der Waals surface area contributed by atoms with E-state index >= 15 is 0 Å². The summed E-state index contributed by atoms with van der Waals surface area (Å²) in [5.41, 5.74) is 1.91. The Kier molecular flexibility index (Phi) is 5.76. The van der Waals surface area contributed by atoms with Crippen LogP contribution in [0.2, 0.25) is 0 Å². The first-order valence-corrected chi connectivity index (χ1v) is 10.3. The van der Waals surface area contributed by atoms with Crippen molar-refractivity contribution in [2.45, 2.75) is 52.1 Å². The number of nitrogens with one attached hydrogen (secondary N) is 2. The van der Waals surface area contributed by atoms with E-state index < -0.39 is 24.8 Å². The third-order valence-corrected chi connectivity index (χ3v) is 5.45. The number of aromatic nitrogens is 6. The topological polar surface area (TPSA) is 112 Å². The number of amides is 2. The van der Waals surface area contributed by atoms with Gasteiger partial charge in [-0.25, -0.2) is 8.78 Å². The monoisotopic (exact) mass is 446 g/mol. The molecule has 3 heterocycles. The number of hydrogen-bond donors (Lipinski definition) is 2. The molecule has 0 bridgehead atoms. The van der Waals surface area contributed by atoms with Gasteiger partial charge in [0.05, 0.1) is 35.2 Å². The molecular formula is C20H24F2N8O2. The highest BCUT2D eigenvalue weighted by atomic mass is 19.3. The summed E-state index contributed by atoms with van der Waals surface area (Å²) in [6.07, 6.45) is 1.97. The maximum atomic E-state index is 13.4. The van der Waals surface area contributed by atoms with Gasteiger partial charge in [-0.1, -0.05) is 0 Å². The third kappa shape index (κ3) is 4.25. The first-order valence-electron chi connectivity index (χ1n) is 10.3.